The zero-order valence-corrected chi connectivity index (χ0v) is 10.9. The molecule has 4 heteroatoms. The van der Waals surface area contributed by atoms with E-state index in [1.807, 2.05) is 13.0 Å². The van der Waals surface area contributed by atoms with Gasteiger partial charge in [-0.05, 0) is 31.9 Å². The Labute approximate surface area is 108 Å². The summed E-state index contributed by atoms with van der Waals surface area (Å²) in [6.07, 6.45) is 4.88. The van der Waals surface area contributed by atoms with E-state index in [1.165, 1.54) is 6.42 Å². The Hall–Kier alpha value is -1.13. The van der Waals surface area contributed by atoms with Crippen LogP contribution < -0.4 is 4.74 Å². The van der Waals surface area contributed by atoms with Crippen molar-refractivity contribution in [3.05, 3.63) is 23.5 Å². The lowest BCUT2D eigenvalue weighted by molar-refractivity contribution is -0.0344. The van der Waals surface area contributed by atoms with Gasteiger partial charge < -0.3 is 14.9 Å². The van der Waals surface area contributed by atoms with Crippen LogP contribution in [-0.4, -0.2) is 27.4 Å². The van der Waals surface area contributed by atoms with Gasteiger partial charge in [0.15, 0.2) is 0 Å². The highest BCUT2D eigenvalue weighted by atomic mass is 16.5. The minimum atomic E-state index is -0.712. The van der Waals surface area contributed by atoms with Crippen molar-refractivity contribution < 1.29 is 14.9 Å². The average molecular weight is 251 g/mol. The maximum atomic E-state index is 10.3. The van der Waals surface area contributed by atoms with E-state index in [-0.39, 0.29) is 13.2 Å². The van der Waals surface area contributed by atoms with E-state index in [2.05, 4.69) is 4.98 Å². The highest BCUT2D eigenvalue weighted by Gasteiger charge is 2.30. The monoisotopic (exact) mass is 251 g/mol. The molecule has 0 amide bonds. The second kappa shape index (κ2) is 5.67. The standard InChI is InChI=1S/C14H21NO3/c1-11-5-6-13(12(9-16)15-11)18-10-14(17)7-3-2-4-8-14/h5-6,16-17H,2-4,7-10H2,1H3. The van der Waals surface area contributed by atoms with Crippen LogP contribution in [-0.2, 0) is 6.61 Å². The fourth-order valence-electron chi connectivity index (χ4n) is 2.41. The van der Waals surface area contributed by atoms with Crippen LogP contribution >= 0.6 is 0 Å². The third-order valence-electron chi connectivity index (χ3n) is 3.50. The summed E-state index contributed by atoms with van der Waals surface area (Å²) in [6, 6.07) is 3.65. The maximum Gasteiger partial charge on any atom is 0.143 e. The Morgan fingerprint density at radius 2 is 2.00 bits per heavy atom. The van der Waals surface area contributed by atoms with Crippen molar-refractivity contribution >= 4 is 0 Å². The lowest BCUT2D eigenvalue weighted by atomic mass is 9.85. The molecule has 0 saturated heterocycles. The number of hydrogen-bond acceptors (Lipinski definition) is 4. The van der Waals surface area contributed by atoms with E-state index in [0.717, 1.165) is 31.4 Å². The van der Waals surface area contributed by atoms with Gasteiger partial charge in [0, 0.05) is 5.69 Å². The molecule has 1 aliphatic rings. The Kier molecular flexibility index (Phi) is 4.19. The number of aryl methyl sites for hydroxylation is 1. The lowest BCUT2D eigenvalue weighted by Crippen LogP contribution is -2.38. The quantitative estimate of drug-likeness (QED) is 0.858. The summed E-state index contributed by atoms with van der Waals surface area (Å²) < 4.78 is 5.65. The van der Waals surface area contributed by atoms with E-state index in [4.69, 9.17) is 4.74 Å². The molecule has 0 radical (unpaired) electrons. The topological polar surface area (TPSA) is 62.6 Å². The molecule has 1 fully saturated rings. The molecule has 4 nitrogen and oxygen atoms in total. The van der Waals surface area contributed by atoms with Crippen LogP contribution in [0.3, 0.4) is 0 Å². The minimum absolute atomic E-state index is 0.143. The first-order valence-corrected chi connectivity index (χ1v) is 6.55. The van der Waals surface area contributed by atoms with Gasteiger partial charge in [0.25, 0.3) is 0 Å². The molecule has 2 N–H and O–H groups in total. The van der Waals surface area contributed by atoms with E-state index < -0.39 is 5.60 Å². The molecule has 0 atom stereocenters. The van der Waals surface area contributed by atoms with Gasteiger partial charge >= 0.3 is 0 Å². The Bertz CT molecular complexity index is 400. The van der Waals surface area contributed by atoms with Gasteiger partial charge in [-0.2, -0.15) is 0 Å². The predicted molar refractivity (Wildman–Crippen MR) is 68.4 cm³/mol. The molecule has 0 spiro atoms. The zero-order chi connectivity index (χ0) is 13.0. The highest BCUT2D eigenvalue weighted by molar-refractivity contribution is 5.28. The maximum absolute atomic E-state index is 10.3. The fourth-order valence-corrected chi connectivity index (χ4v) is 2.41. The SMILES string of the molecule is Cc1ccc(OCC2(O)CCCCC2)c(CO)n1. The molecular weight excluding hydrogens is 230 g/mol. The van der Waals surface area contributed by atoms with E-state index >= 15 is 0 Å². The predicted octanol–water partition coefficient (Wildman–Crippen LogP) is 1.96. The molecule has 1 aliphatic carbocycles. The number of nitrogens with zero attached hydrogens (tertiary/aromatic N) is 1. The molecule has 1 aromatic rings. The van der Waals surface area contributed by atoms with Crippen molar-refractivity contribution in [3.8, 4) is 5.75 Å². The van der Waals surface area contributed by atoms with Crippen LogP contribution in [0.15, 0.2) is 12.1 Å². The van der Waals surface area contributed by atoms with Crippen molar-refractivity contribution in [1.29, 1.82) is 0 Å². The van der Waals surface area contributed by atoms with E-state index in [9.17, 15) is 10.2 Å². The zero-order valence-electron chi connectivity index (χ0n) is 10.9. The first kappa shape index (κ1) is 13.3. The van der Waals surface area contributed by atoms with Crippen LogP contribution in [0.5, 0.6) is 5.75 Å². The first-order chi connectivity index (χ1) is 8.63. The molecule has 18 heavy (non-hydrogen) atoms. The molecule has 1 aromatic heterocycles. The summed E-state index contributed by atoms with van der Waals surface area (Å²) in [4.78, 5) is 4.22. The van der Waals surface area contributed by atoms with Crippen molar-refractivity contribution in [1.82, 2.24) is 4.98 Å². The molecule has 0 bridgehead atoms. The molecule has 1 heterocycles. The minimum Gasteiger partial charge on any atom is -0.489 e. The Morgan fingerprint density at radius 1 is 1.28 bits per heavy atom. The number of aliphatic hydroxyl groups excluding tert-OH is 1. The van der Waals surface area contributed by atoms with Crippen molar-refractivity contribution in [3.63, 3.8) is 0 Å². The summed E-state index contributed by atoms with van der Waals surface area (Å²) in [7, 11) is 0. The van der Waals surface area contributed by atoms with Gasteiger partial charge in [0.05, 0.1) is 12.2 Å². The van der Waals surface area contributed by atoms with Crippen molar-refractivity contribution in [2.45, 2.75) is 51.2 Å². The average Bonchev–Trinajstić information content (AvgIpc) is 2.38. The first-order valence-electron chi connectivity index (χ1n) is 6.55. The van der Waals surface area contributed by atoms with Gasteiger partial charge in [-0.3, -0.25) is 4.98 Å². The van der Waals surface area contributed by atoms with Gasteiger partial charge in [0.1, 0.15) is 18.1 Å². The second-order valence-electron chi connectivity index (χ2n) is 5.13. The van der Waals surface area contributed by atoms with Crippen LogP contribution in [0.25, 0.3) is 0 Å². The van der Waals surface area contributed by atoms with Crippen LogP contribution in [0, 0.1) is 6.92 Å². The van der Waals surface area contributed by atoms with E-state index in [0.29, 0.717) is 11.4 Å². The Balaban J connectivity index is 2.01. The van der Waals surface area contributed by atoms with Crippen LogP contribution in [0.4, 0.5) is 0 Å². The van der Waals surface area contributed by atoms with Gasteiger partial charge in [-0.15, -0.1) is 0 Å². The van der Waals surface area contributed by atoms with Crippen LogP contribution in [0.1, 0.15) is 43.5 Å². The number of aliphatic hydroxyl groups is 2. The van der Waals surface area contributed by atoms with E-state index in [1.54, 1.807) is 6.07 Å². The molecule has 2 rings (SSSR count). The summed E-state index contributed by atoms with van der Waals surface area (Å²) >= 11 is 0. The number of ether oxygens (including phenoxy) is 1. The number of hydrogen-bond donors (Lipinski definition) is 2. The summed E-state index contributed by atoms with van der Waals surface area (Å²) in [5, 5.41) is 19.6. The summed E-state index contributed by atoms with van der Waals surface area (Å²) in [6.45, 7) is 2.01. The van der Waals surface area contributed by atoms with Gasteiger partial charge in [-0.1, -0.05) is 19.3 Å². The second-order valence-corrected chi connectivity index (χ2v) is 5.13. The van der Waals surface area contributed by atoms with Gasteiger partial charge in [-0.25, -0.2) is 0 Å². The third-order valence-corrected chi connectivity index (χ3v) is 3.50. The molecular formula is C14H21NO3. The number of rotatable bonds is 4. The lowest BCUT2D eigenvalue weighted by Gasteiger charge is -2.31. The van der Waals surface area contributed by atoms with Crippen molar-refractivity contribution in [2.75, 3.05) is 6.61 Å². The van der Waals surface area contributed by atoms with Crippen LogP contribution in [0.2, 0.25) is 0 Å². The molecule has 0 aliphatic heterocycles. The third kappa shape index (κ3) is 3.21. The molecule has 0 aromatic carbocycles. The normalized spacial score (nSPS) is 18.6. The smallest absolute Gasteiger partial charge is 0.143 e. The fraction of sp³-hybridized carbons (Fsp3) is 0.643. The van der Waals surface area contributed by atoms with Crippen molar-refractivity contribution in [2.24, 2.45) is 0 Å². The number of pyridine rings is 1. The Morgan fingerprint density at radius 3 is 2.67 bits per heavy atom. The summed E-state index contributed by atoms with van der Waals surface area (Å²) in [5.41, 5.74) is 0.674. The molecule has 100 valence electrons. The molecule has 1 saturated carbocycles. The van der Waals surface area contributed by atoms with Gasteiger partial charge in [0.2, 0.25) is 0 Å². The number of aromatic nitrogens is 1. The molecule has 0 unspecified atom stereocenters. The summed E-state index contributed by atoms with van der Waals surface area (Å²) in [5.74, 6) is 0.571. The highest BCUT2D eigenvalue weighted by Crippen LogP contribution is 2.29. The largest absolute Gasteiger partial charge is 0.489 e.